The van der Waals surface area contributed by atoms with E-state index in [1.807, 2.05) is 0 Å². The van der Waals surface area contributed by atoms with Crippen molar-refractivity contribution in [2.45, 2.75) is 277 Å². The molecule has 12 heteroatoms. The average molecular weight is 1110 g/mol. The summed E-state index contributed by atoms with van der Waals surface area (Å²) in [5.74, 6) is -1.51. The first kappa shape index (κ1) is 74.4. The molecule has 0 saturated carbocycles. The predicted octanol–water partition coefficient (Wildman–Crippen LogP) is 18.8. The molecule has 0 radical (unpaired) electrons. The lowest BCUT2D eigenvalue weighted by Gasteiger charge is -2.21. The Balaban J connectivity index is 4.78. The number of phosphoric acid groups is 1. The topological polar surface area (TPSA) is 155 Å². The van der Waals surface area contributed by atoms with E-state index in [-0.39, 0.29) is 25.9 Å². The van der Waals surface area contributed by atoms with Crippen LogP contribution < -0.4 is 0 Å². The van der Waals surface area contributed by atoms with Crippen LogP contribution in [0.15, 0.2) is 97.2 Å². The fraction of sp³-hybridized carbons (Fsp3) is 0.712. The van der Waals surface area contributed by atoms with Gasteiger partial charge in [-0.2, -0.15) is 0 Å². The van der Waals surface area contributed by atoms with Crippen molar-refractivity contribution in [3.05, 3.63) is 97.2 Å². The summed E-state index contributed by atoms with van der Waals surface area (Å²) in [6, 6.07) is 0. The van der Waals surface area contributed by atoms with Crippen LogP contribution in [0.1, 0.15) is 265 Å². The summed E-state index contributed by atoms with van der Waals surface area (Å²) in [7, 11) is -4.77. The van der Waals surface area contributed by atoms with Gasteiger partial charge in [0, 0.05) is 19.3 Å². The van der Waals surface area contributed by atoms with Crippen LogP contribution in [0.4, 0.5) is 0 Å². The Morgan fingerprint density at radius 3 is 1.01 bits per heavy atom. The lowest BCUT2D eigenvalue weighted by atomic mass is 10.1. The molecule has 0 fully saturated rings. The number of phosphoric ester groups is 1. The number of unbranched alkanes of at least 4 members (excludes halogenated alkanes) is 24. The SMILES string of the molecule is CCC/C=C\C/C=C\CCCCCCCC(=O)OC(CO)COP(=O)(O)OCC(COC(=O)CCCCCCCC/C=C\C/C=C\C/C=C\CCCCC)OC(=O)CCCCCCCC/C=C\C/C=C\C/C=C\CCCCC. The Bertz CT molecular complexity index is 1680. The molecule has 0 spiro atoms. The fourth-order valence-corrected chi connectivity index (χ4v) is 8.96. The van der Waals surface area contributed by atoms with Gasteiger partial charge in [0.2, 0.25) is 0 Å². The number of allylic oxidation sites excluding steroid dienone is 16. The minimum atomic E-state index is -4.77. The molecule has 0 aliphatic rings. The minimum absolute atomic E-state index is 0.145. The van der Waals surface area contributed by atoms with Crippen LogP contribution >= 0.6 is 7.82 Å². The standard InChI is InChI=1S/C66H113O11P/c1-4-7-10-13-16-19-22-25-27-29-31-33-35-38-40-43-46-49-52-55-64(68)73-59-63(77-66(70)57-54-51-48-45-42-39-36-34-32-30-28-26-23-20-17-14-11-8-5-2)61-75-78(71,72)74-60-62(58-67)76-65(69)56-53-50-47-44-41-37-24-21-18-15-12-9-6-3/h12,15-17,19-21,24-28,31-34,62-63,67H,4-11,13-14,18,22-23,29-30,35-61H2,1-3H3,(H,71,72)/b15-12-,19-16-,20-17-,24-21-,27-25-,28-26-,33-31-,34-32-. The molecule has 0 aromatic heterocycles. The molecule has 0 rings (SSSR count). The maximum absolute atomic E-state index is 12.9. The molecule has 0 amide bonds. The first-order valence-electron chi connectivity index (χ1n) is 31.1. The van der Waals surface area contributed by atoms with E-state index in [1.54, 1.807) is 0 Å². The van der Waals surface area contributed by atoms with Gasteiger partial charge in [-0.1, -0.05) is 221 Å². The van der Waals surface area contributed by atoms with Gasteiger partial charge < -0.3 is 24.2 Å². The van der Waals surface area contributed by atoms with Crippen LogP contribution in [0.2, 0.25) is 0 Å². The van der Waals surface area contributed by atoms with Crippen molar-refractivity contribution in [3.63, 3.8) is 0 Å². The molecule has 0 aliphatic heterocycles. The van der Waals surface area contributed by atoms with Gasteiger partial charge >= 0.3 is 25.7 Å². The zero-order valence-electron chi connectivity index (χ0n) is 49.6. The Hall–Kier alpha value is -3.60. The predicted molar refractivity (Wildman–Crippen MR) is 325 cm³/mol. The van der Waals surface area contributed by atoms with Gasteiger partial charge in [0.05, 0.1) is 19.8 Å². The molecule has 78 heavy (non-hydrogen) atoms. The molecule has 448 valence electrons. The van der Waals surface area contributed by atoms with Crippen LogP contribution in [-0.2, 0) is 42.2 Å². The van der Waals surface area contributed by atoms with Crippen LogP contribution in [-0.4, -0.2) is 66.5 Å². The normalized spacial score (nSPS) is 14.0. The van der Waals surface area contributed by atoms with Crippen LogP contribution in [0.3, 0.4) is 0 Å². The number of rotatable bonds is 57. The van der Waals surface area contributed by atoms with Crippen molar-refractivity contribution in [3.8, 4) is 0 Å². The monoisotopic (exact) mass is 1110 g/mol. The van der Waals surface area contributed by atoms with Gasteiger partial charge in [-0.15, -0.1) is 0 Å². The molecule has 11 nitrogen and oxygen atoms in total. The van der Waals surface area contributed by atoms with Crippen LogP contribution in [0.25, 0.3) is 0 Å². The highest BCUT2D eigenvalue weighted by molar-refractivity contribution is 7.47. The molecule has 0 aromatic rings. The summed E-state index contributed by atoms with van der Waals surface area (Å²) in [5.41, 5.74) is 0. The van der Waals surface area contributed by atoms with Gasteiger partial charge in [-0.3, -0.25) is 23.4 Å². The lowest BCUT2D eigenvalue weighted by molar-refractivity contribution is -0.161. The minimum Gasteiger partial charge on any atom is -0.462 e. The number of hydrogen-bond donors (Lipinski definition) is 2. The quantitative estimate of drug-likeness (QED) is 0.0197. The van der Waals surface area contributed by atoms with Gasteiger partial charge in [0.15, 0.2) is 6.10 Å². The summed E-state index contributed by atoms with van der Waals surface area (Å²) in [4.78, 5) is 48.7. The summed E-state index contributed by atoms with van der Waals surface area (Å²) in [5, 5.41) is 9.83. The van der Waals surface area contributed by atoms with Crippen molar-refractivity contribution in [2.75, 3.05) is 26.4 Å². The number of hydrogen-bond acceptors (Lipinski definition) is 10. The van der Waals surface area contributed by atoms with Crippen molar-refractivity contribution >= 4 is 25.7 Å². The lowest BCUT2D eigenvalue weighted by Crippen LogP contribution is -2.30. The van der Waals surface area contributed by atoms with Gasteiger partial charge in [-0.05, 0) is 122 Å². The molecule has 2 N–H and O–H groups in total. The number of aliphatic hydroxyl groups is 1. The Labute approximate surface area is 476 Å². The average Bonchev–Trinajstić information content (AvgIpc) is 3.43. The second-order valence-electron chi connectivity index (χ2n) is 20.5. The highest BCUT2D eigenvalue weighted by Crippen LogP contribution is 2.43. The smallest absolute Gasteiger partial charge is 0.462 e. The van der Waals surface area contributed by atoms with Gasteiger partial charge in [0.1, 0.15) is 12.7 Å². The zero-order chi connectivity index (χ0) is 56.9. The Morgan fingerprint density at radius 1 is 0.359 bits per heavy atom. The third-order valence-corrected chi connectivity index (χ3v) is 13.9. The Kier molecular flexibility index (Phi) is 56.8. The van der Waals surface area contributed by atoms with Crippen molar-refractivity contribution in [1.82, 2.24) is 0 Å². The van der Waals surface area contributed by atoms with E-state index in [2.05, 4.69) is 118 Å². The summed E-state index contributed by atoms with van der Waals surface area (Å²) < 4.78 is 39.6. The molecule has 0 heterocycles. The van der Waals surface area contributed by atoms with E-state index in [4.69, 9.17) is 23.3 Å². The highest BCUT2D eigenvalue weighted by atomic mass is 31.2. The molecule has 3 atom stereocenters. The molecule has 0 aliphatic carbocycles. The third-order valence-electron chi connectivity index (χ3n) is 12.9. The maximum Gasteiger partial charge on any atom is 0.472 e. The van der Waals surface area contributed by atoms with Crippen LogP contribution in [0, 0.1) is 0 Å². The highest BCUT2D eigenvalue weighted by Gasteiger charge is 2.28. The van der Waals surface area contributed by atoms with Crippen molar-refractivity contribution in [2.24, 2.45) is 0 Å². The molecule has 3 unspecified atom stereocenters. The molecule has 0 aromatic carbocycles. The Morgan fingerprint density at radius 2 is 0.654 bits per heavy atom. The number of ether oxygens (including phenoxy) is 3. The fourth-order valence-electron chi connectivity index (χ4n) is 8.17. The second kappa shape index (κ2) is 59.5. The molecular weight excluding hydrogens is 1000 g/mol. The molecule has 0 bridgehead atoms. The zero-order valence-corrected chi connectivity index (χ0v) is 50.5. The van der Waals surface area contributed by atoms with Crippen LogP contribution in [0.5, 0.6) is 0 Å². The number of carbonyl (C=O) groups excluding carboxylic acids is 3. The summed E-state index contributed by atoms with van der Waals surface area (Å²) in [6.45, 7) is 4.49. The molecule has 0 saturated heterocycles. The summed E-state index contributed by atoms with van der Waals surface area (Å²) >= 11 is 0. The second-order valence-corrected chi connectivity index (χ2v) is 22.0. The number of aliphatic hydroxyl groups excluding tert-OH is 1. The van der Waals surface area contributed by atoms with Gasteiger partial charge in [0.25, 0.3) is 0 Å². The first-order valence-corrected chi connectivity index (χ1v) is 32.6. The first-order chi connectivity index (χ1) is 38.2. The third kappa shape index (κ3) is 57.1. The molecular formula is C66H113O11P. The van der Waals surface area contributed by atoms with Gasteiger partial charge in [-0.25, -0.2) is 4.57 Å². The largest absolute Gasteiger partial charge is 0.472 e. The summed E-state index contributed by atoms with van der Waals surface area (Å²) in [6.07, 6.45) is 70.7. The van der Waals surface area contributed by atoms with E-state index in [0.29, 0.717) is 19.3 Å². The van der Waals surface area contributed by atoms with Crippen molar-refractivity contribution < 1.29 is 52.2 Å². The van der Waals surface area contributed by atoms with E-state index in [0.717, 1.165) is 154 Å². The maximum atomic E-state index is 12.9. The van der Waals surface area contributed by atoms with E-state index >= 15 is 0 Å². The van der Waals surface area contributed by atoms with E-state index in [9.17, 15) is 28.9 Å². The van der Waals surface area contributed by atoms with E-state index in [1.165, 1.54) is 51.4 Å². The number of carbonyl (C=O) groups is 3. The number of esters is 3. The van der Waals surface area contributed by atoms with Crippen molar-refractivity contribution in [1.29, 1.82) is 0 Å². The van der Waals surface area contributed by atoms with E-state index < -0.39 is 57.8 Å².